The van der Waals surface area contributed by atoms with Crippen LogP contribution in [0.25, 0.3) is 0 Å². The van der Waals surface area contributed by atoms with Crippen molar-refractivity contribution in [2.45, 2.75) is 282 Å². The van der Waals surface area contributed by atoms with Gasteiger partial charge in [0.05, 0.1) is 61.9 Å². The normalized spacial score (nSPS) is 15.9. The molecule has 5 rings (SSSR count). The van der Waals surface area contributed by atoms with Crippen molar-refractivity contribution < 1.29 is 80.9 Å². The van der Waals surface area contributed by atoms with Crippen molar-refractivity contribution >= 4 is 35.9 Å². The van der Waals surface area contributed by atoms with E-state index in [9.17, 15) is 28.8 Å². The third-order valence-corrected chi connectivity index (χ3v) is 18.7. The van der Waals surface area contributed by atoms with E-state index in [1.165, 1.54) is 192 Å². The quantitative estimate of drug-likeness (QED) is 0.0238. The van der Waals surface area contributed by atoms with Gasteiger partial charge < -0.3 is 62.7 Å². The number of rotatable bonds is 64. The molecular weight excluding hydrogens is 1330 g/mol. The first-order valence-corrected chi connectivity index (χ1v) is 40.5. The average molecular weight is 1460 g/mol. The molecule has 1 heterocycles. The lowest BCUT2D eigenvalue weighted by molar-refractivity contribution is -0.300. The van der Waals surface area contributed by atoms with Crippen LogP contribution in [0.2, 0.25) is 0 Å². The Morgan fingerprint density at radius 3 is 1.21 bits per heavy atom. The van der Waals surface area contributed by atoms with Crippen LogP contribution in [0.1, 0.15) is 286 Å². The molecule has 1 fully saturated rings. The van der Waals surface area contributed by atoms with E-state index in [-0.39, 0.29) is 73.9 Å². The molecule has 0 saturated carbocycles. The Morgan fingerprint density at radius 1 is 0.352 bits per heavy atom. The lowest BCUT2D eigenvalue weighted by atomic mass is 9.97. The van der Waals surface area contributed by atoms with Gasteiger partial charge in [-0.2, -0.15) is 0 Å². The van der Waals surface area contributed by atoms with E-state index in [4.69, 9.17) is 52.1 Å². The Kier molecular flexibility index (Phi) is 51.0. The Bertz CT molecular complexity index is 2820. The summed E-state index contributed by atoms with van der Waals surface area (Å²) in [5.74, 6) is -3.26. The second-order valence-electron chi connectivity index (χ2n) is 27.7. The van der Waals surface area contributed by atoms with E-state index in [0.29, 0.717) is 52.2 Å². The van der Waals surface area contributed by atoms with Gasteiger partial charge in [-0.1, -0.05) is 286 Å². The average Bonchev–Trinajstić information content (AvgIpc) is 0.777. The summed E-state index contributed by atoms with van der Waals surface area (Å²) in [5.41, 5.74) is 0.736. The fourth-order valence-electron chi connectivity index (χ4n) is 12.6. The largest absolute Gasteiger partial charge is 0.459 e. The van der Waals surface area contributed by atoms with Gasteiger partial charge in [0.25, 0.3) is 0 Å². The van der Waals surface area contributed by atoms with E-state index in [0.717, 1.165) is 32.1 Å². The Hall–Kier alpha value is -6.74. The van der Waals surface area contributed by atoms with Crippen LogP contribution in [0.15, 0.2) is 121 Å². The lowest BCUT2D eigenvalue weighted by Gasteiger charge is -2.44. The first kappa shape index (κ1) is 88.9. The molecular formula is C86H130N2O17. The number of alkyl carbamates (subject to hydrolysis) is 1. The van der Waals surface area contributed by atoms with Gasteiger partial charge >= 0.3 is 30.0 Å². The fourth-order valence-corrected chi connectivity index (χ4v) is 12.6. The van der Waals surface area contributed by atoms with Gasteiger partial charge in [-0.3, -0.25) is 4.79 Å². The van der Waals surface area contributed by atoms with Crippen LogP contribution in [0.4, 0.5) is 4.79 Å². The molecule has 586 valence electrons. The molecule has 4 aromatic rings. The second-order valence-corrected chi connectivity index (χ2v) is 27.7. The number of hydrogen-bond donors (Lipinski definition) is 2. The van der Waals surface area contributed by atoms with Gasteiger partial charge in [0.1, 0.15) is 25.4 Å². The molecule has 0 aromatic heterocycles. The van der Waals surface area contributed by atoms with Gasteiger partial charge in [-0.15, -0.1) is 0 Å². The minimum Gasteiger partial charge on any atom is -0.459 e. The first-order chi connectivity index (χ1) is 51.7. The summed E-state index contributed by atoms with van der Waals surface area (Å²) in [4.78, 5) is 80.5. The fraction of sp³-hybridized carbons (Fsp3) is 0.651. The van der Waals surface area contributed by atoms with Gasteiger partial charge in [-0.25, -0.2) is 24.0 Å². The molecule has 19 heteroatoms. The summed E-state index contributed by atoms with van der Waals surface area (Å²) in [6.07, 6.45) is 36.4. The first-order valence-electron chi connectivity index (χ1n) is 40.5. The van der Waals surface area contributed by atoms with Gasteiger partial charge in [-0.05, 0) is 74.2 Å². The summed E-state index contributed by atoms with van der Waals surface area (Å²) in [6, 6.07) is 32.6. The minimum atomic E-state index is -1.57. The van der Waals surface area contributed by atoms with Crippen molar-refractivity contribution in [2.24, 2.45) is 0 Å². The van der Waals surface area contributed by atoms with Crippen molar-refractivity contribution in [3.63, 3.8) is 0 Å². The van der Waals surface area contributed by atoms with Crippen LogP contribution in [-0.2, 0) is 56.9 Å². The number of benzene rings is 4. The molecule has 3 unspecified atom stereocenters. The minimum absolute atomic E-state index is 0.00867. The Balaban J connectivity index is 0.971. The maximum atomic E-state index is 14.0. The van der Waals surface area contributed by atoms with Gasteiger partial charge in [0, 0.05) is 32.7 Å². The number of ether oxygens (including phenoxy) is 11. The molecule has 2 amide bonds. The zero-order valence-corrected chi connectivity index (χ0v) is 63.9. The highest BCUT2D eigenvalue weighted by Crippen LogP contribution is 2.32. The monoisotopic (exact) mass is 1460 g/mol. The predicted molar refractivity (Wildman–Crippen MR) is 410 cm³/mol. The number of amides is 2. The van der Waals surface area contributed by atoms with E-state index < -0.39 is 67.3 Å². The maximum absolute atomic E-state index is 14.0. The molecule has 19 nitrogen and oxygen atoms in total. The van der Waals surface area contributed by atoms with Crippen LogP contribution in [-0.4, -0.2) is 152 Å². The number of unbranched alkanes of at least 4 members (excludes halogenated alkanes) is 32. The lowest BCUT2D eigenvalue weighted by Crippen LogP contribution is -2.63. The third kappa shape index (κ3) is 42.4. The third-order valence-electron chi connectivity index (χ3n) is 18.7. The van der Waals surface area contributed by atoms with Crippen molar-refractivity contribution in [2.75, 3.05) is 79.2 Å². The van der Waals surface area contributed by atoms with Crippen molar-refractivity contribution in [3.8, 4) is 0 Å². The molecule has 0 spiro atoms. The maximum Gasteiger partial charge on any atom is 0.407 e. The zero-order valence-electron chi connectivity index (χ0n) is 63.9. The Labute approximate surface area is 629 Å². The highest BCUT2D eigenvalue weighted by Gasteiger charge is 2.54. The van der Waals surface area contributed by atoms with Crippen LogP contribution in [0.5, 0.6) is 0 Å². The smallest absolute Gasteiger partial charge is 0.407 e. The summed E-state index contributed by atoms with van der Waals surface area (Å²) >= 11 is 0. The summed E-state index contributed by atoms with van der Waals surface area (Å²) in [6.45, 7) is 7.08. The van der Waals surface area contributed by atoms with Crippen LogP contribution in [0, 0.1) is 0 Å². The topological polar surface area (TPSA) is 228 Å². The SMILES string of the molecule is CCCCCCCCCCCCCCCCCCOC[C@@H](COC(=O)NCCCCCC(=O)NCCOCCOCCO[C@H]1OC(COC(=O)c2ccccc2)[C@@H](OC(=O)c2ccccc2)C(OC(=O)c2ccccc2)C1OC(=O)c1ccccc1)OCCCCCCCCCCCCCCCCCC. The highest BCUT2D eigenvalue weighted by atomic mass is 16.7. The van der Waals surface area contributed by atoms with Crippen LogP contribution >= 0.6 is 0 Å². The number of esters is 4. The molecule has 0 aliphatic carbocycles. The molecule has 2 N–H and O–H groups in total. The van der Waals surface area contributed by atoms with Crippen molar-refractivity contribution in [3.05, 3.63) is 144 Å². The van der Waals surface area contributed by atoms with Crippen molar-refractivity contribution in [1.29, 1.82) is 0 Å². The summed E-state index contributed by atoms with van der Waals surface area (Å²) < 4.78 is 66.3. The van der Waals surface area contributed by atoms with Crippen molar-refractivity contribution in [1.82, 2.24) is 10.6 Å². The van der Waals surface area contributed by atoms with E-state index in [1.54, 1.807) is 109 Å². The number of hydrogen-bond acceptors (Lipinski definition) is 17. The van der Waals surface area contributed by atoms with E-state index >= 15 is 0 Å². The molecule has 4 aromatic carbocycles. The Morgan fingerprint density at radius 2 is 0.743 bits per heavy atom. The van der Waals surface area contributed by atoms with Gasteiger partial charge in [0.15, 0.2) is 24.6 Å². The van der Waals surface area contributed by atoms with E-state index in [2.05, 4.69) is 24.5 Å². The molecule has 0 bridgehead atoms. The number of carbonyl (C=O) groups excluding carboxylic acids is 6. The zero-order chi connectivity index (χ0) is 74.5. The predicted octanol–water partition coefficient (Wildman–Crippen LogP) is 18.6. The number of nitrogens with one attached hydrogen (secondary N) is 2. The summed E-state index contributed by atoms with van der Waals surface area (Å²) in [7, 11) is 0. The molecule has 6 atom stereocenters. The van der Waals surface area contributed by atoms with Crippen LogP contribution < -0.4 is 10.6 Å². The number of carbonyl (C=O) groups is 6. The van der Waals surface area contributed by atoms with Crippen LogP contribution in [0.3, 0.4) is 0 Å². The molecule has 105 heavy (non-hydrogen) atoms. The van der Waals surface area contributed by atoms with Gasteiger partial charge in [0.2, 0.25) is 5.91 Å². The molecule has 1 saturated heterocycles. The molecule has 1 aliphatic rings. The van der Waals surface area contributed by atoms with E-state index in [1.807, 2.05) is 0 Å². The summed E-state index contributed by atoms with van der Waals surface area (Å²) in [5, 5.41) is 5.74. The highest BCUT2D eigenvalue weighted by molar-refractivity contribution is 5.91. The molecule has 1 aliphatic heterocycles. The second kappa shape index (κ2) is 60.3. The standard InChI is InChI=1S/C86H130N2O17/c1-3-5-7-9-11-13-15-17-19-21-23-25-27-29-31-48-61-97-68-75(98-62-49-32-30-28-26-24-22-20-18-16-14-12-10-8-6-4-2)69-101-86(94)88-59-47-37-46-58-77(89)87-60-63-95-64-65-96-66-67-99-85-80(105-84(93)74-56-44-36-45-57-74)79(104-83(92)73-54-42-35-43-55-73)78(103-82(91)72-52-40-34-41-53-72)76(102-85)70-100-81(90)71-50-38-33-39-51-71/h33-36,38-45,50-57,75-76,78-80,85H,3-32,37,46-49,58-70H2,1-2H3,(H,87,89)(H,88,94)/t75-,76?,78+,79?,80?,85-/m0/s1. The molecule has 0 radical (unpaired) electrons.